The number of amides is 3. The molecule has 0 saturated carbocycles. The number of pyridine rings is 1. The number of anilines is 1. The van der Waals surface area contributed by atoms with Gasteiger partial charge in [0.15, 0.2) is 5.65 Å². The van der Waals surface area contributed by atoms with E-state index in [0.29, 0.717) is 60.6 Å². The molecule has 0 bridgehead atoms. The van der Waals surface area contributed by atoms with Crippen molar-refractivity contribution in [2.45, 2.75) is 71.8 Å². The molecule has 39 heavy (non-hydrogen) atoms. The molecule has 3 amide bonds. The number of carbonyl (C=O) groups excluding carboxylic acids is 3. The maximum absolute atomic E-state index is 13.4. The van der Waals surface area contributed by atoms with E-state index in [4.69, 9.17) is 9.47 Å². The summed E-state index contributed by atoms with van der Waals surface area (Å²) in [6.45, 7) is 10.6. The second-order valence-electron chi connectivity index (χ2n) is 11.0. The van der Waals surface area contributed by atoms with Crippen LogP contribution >= 0.6 is 0 Å². The van der Waals surface area contributed by atoms with Crippen LogP contribution in [-0.2, 0) is 11.3 Å². The summed E-state index contributed by atoms with van der Waals surface area (Å²) in [5, 5.41) is 7.06. The lowest BCUT2D eigenvalue weighted by Gasteiger charge is -2.37. The molecular formula is C27H33N7O5. The first kappa shape index (κ1) is 26.4. The lowest BCUT2D eigenvalue weighted by atomic mass is 10.0. The monoisotopic (exact) mass is 535 g/mol. The van der Waals surface area contributed by atoms with E-state index >= 15 is 0 Å². The SMILES string of the molecule is CC(C)Oc1nc2c(cc1NC(=O)c1cnn3cccnc13)CN(C1CCN(C(=O)OC(C)(C)C)CC1)C2=O. The summed E-state index contributed by atoms with van der Waals surface area (Å²) < 4.78 is 12.9. The van der Waals surface area contributed by atoms with Crippen LogP contribution in [0.25, 0.3) is 5.65 Å². The van der Waals surface area contributed by atoms with Gasteiger partial charge in [-0.15, -0.1) is 0 Å². The number of fused-ring (bicyclic) bond motifs is 2. The first-order valence-electron chi connectivity index (χ1n) is 13.1. The largest absolute Gasteiger partial charge is 0.473 e. The molecule has 1 fully saturated rings. The molecule has 0 aromatic carbocycles. The summed E-state index contributed by atoms with van der Waals surface area (Å²) in [6.07, 6.45) is 5.47. The van der Waals surface area contributed by atoms with Crippen LogP contribution in [0.15, 0.2) is 30.7 Å². The molecule has 1 N–H and O–H groups in total. The number of rotatable bonds is 5. The molecule has 0 radical (unpaired) electrons. The molecule has 12 heteroatoms. The highest BCUT2D eigenvalue weighted by molar-refractivity contribution is 6.09. The molecule has 2 aliphatic heterocycles. The van der Waals surface area contributed by atoms with Crippen LogP contribution in [0.5, 0.6) is 5.88 Å². The van der Waals surface area contributed by atoms with Crippen molar-refractivity contribution in [3.63, 3.8) is 0 Å². The van der Waals surface area contributed by atoms with Gasteiger partial charge in [-0.3, -0.25) is 9.59 Å². The van der Waals surface area contributed by atoms with Crippen LogP contribution in [-0.4, -0.2) is 78.1 Å². The standard InChI is InChI=1S/C27H33N7O5/c1-16(2)38-24-20(30-23(35)19-14-29-34-10-6-9-28-22(19)34)13-17-15-33(25(36)21(17)31-24)18-7-11-32(12-8-18)26(37)39-27(3,4)5/h6,9-10,13-14,16,18H,7-8,11-12,15H2,1-5H3,(H,30,35). The normalized spacial score (nSPS) is 16.1. The fourth-order valence-corrected chi connectivity index (χ4v) is 4.80. The van der Waals surface area contributed by atoms with Crippen LogP contribution in [0.1, 0.15) is 73.9 Å². The van der Waals surface area contributed by atoms with Gasteiger partial charge in [0.05, 0.1) is 12.3 Å². The topological polar surface area (TPSA) is 131 Å². The van der Waals surface area contributed by atoms with E-state index in [9.17, 15) is 14.4 Å². The average Bonchev–Trinajstić information content (AvgIpc) is 3.44. The Morgan fingerprint density at radius 2 is 1.92 bits per heavy atom. The third kappa shape index (κ3) is 5.50. The summed E-state index contributed by atoms with van der Waals surface area (Å²) in [5.41, 5.74) is 1.57. The lowest BCUT2D eigenvalue weighted by Crippen LogP contribution is -2.48. The fraction of sp³-hybridized carbons (Fsp3) is 0.481. The van der Waals surface area contributed by atoms with Gasteiger partial charge in [0, 0.05) is 43.6 Å². The van der Waals surface area contributed by atoms with E-state index in [2.05, 4.69) is 20.4 Å². The van der Waals surface area contributed by atoms with E-state index in [-0.39, 0.29) is 30.0 Å². The maximum atomic E-state index is 13.4. The van der Waals surface area contributed by atoms with Crippen molar-refractivity contribution in [2.24, 2.45) is 0 Å². The molecule has 206 valence electrons. The zero-order valence-electron chi connectivity index (χ0n) is 22.8. The van der Waals surface area contributed by atoms with E-state index in [1.807, 2.05) is 34.6 Å². The van der Waals surface area contributed by atoms with Crippen molar-refractivity contribution in [1.29, 1.82) is 0 Å². The molecular weight excluding hydrogens is 502 g/mol. The number of carbonyl (C=O) groups is 3. The first-order valence-corrected chi connectivity index (χ1v) is 13.1. The minimum atomic E-state index is -0.559. The van der Waals surface area contributed by atoms with Gasteiger partial charge in [-0.2, -0.15) is 5.10 Å². The number of nitrogens with zero attached hydrogens (tertiary/aromatic N) is 6. The predicted octanol–water partition coefficient (Wildman–Crippen LogP) is 3.52. The van der Waals surface area contributed by atoms with Crippen molar-refractivity contribution in [1.82, 2.24) is 29.4 Å². The molecule has 2 aliphatic rings. The summed E-state index contributed by atoms with van der Waals surface area (Å²) in [5.74, 6) is -0.412. The van der Waals surface area contributed by atoms with Gasteiger partial charge in [-0.05, 0) is 59.6 Å². The second-order valence-corrected chi connectivity index (χ2v) is 11.0. The summed E-state index contributed by atoms with van der Waals surface area (Å²) in [7, 11) is 0. The van der Waals surface area contributed by atoms with Gasteiger partial charge in [-0.25, -0.2) is 19.3 Å². The Morgan fingerprint density at radius 3 is 2.62 bits per heavy atom. The van der Waals surface area contributed by atoms with Crippen LogP contribution in [0.3, 0.4) is 0 Å². The van der Waals surface area contributed by atoms with Gasteiger partial charge in [0.1, 0.15) is 22.5 Å². The number of ether oxygens (including phenoxy) is 2. The molecule has 1 saturated heterocycles. The van der Waals surface area contributed by atoms with E-state index in [0.717, 1.165) is 0 Å². The number of hydrogen-bond acceptors (Lipinski definition) is 8. The highest BCUT2D eigenvalue weighted by atomic mass is 16.6. The molecule has 0 unspecified atom stereocenters. The van der Waals surface area contributed by atoms with Crippen LogP contribution in [0.2, 0.25) is 0 Å². The van der Waals surface area contributed by atoms with Gasteiger partial charge < -0.3 is 24.6 Å². The van der Waals surface area contributed by atoms with Crippen molar-refractivity contribution in [3.05, 3.63) is 47.5 Å². The molecule has 0 atom stereocenters. The van der Waals surface area contributed by atoms with Crippen molar-refractivity contribution < 1.29 is 23.9 Å². The van der Waals surface area contributed by atoms with E-state index in [1.165, 1.54) is 10.7 Å². The molecule has 0 spiro atoms. The Morgan fingerprint density at radius 1 is 1.18 bits per heavy atom. The fourth-order valence-electron chi connectivity index (χ4n) is 4.80. The molecule has 0 aliphatic carbocycles. The van der Waals surface area contributed by atoms with Crippen LogP contribution < -0.4 is 10.1 Å². The third-order valence-electron chi connectivity index (χ3n) is 6.55. The minimum Gasteiger partial charge on any atom is -0.473 e. The Bertz CT molecular complexity index is 1420. The third-order valence-corrected chi connectivity index (χ3v) is 6.55. The molecule has 3 aromatic heterocycles. The van der Waals surface area contributed by atoms with Crippen molar-refractivity contribution in [3.8, 4) is 5.88 Å². The van der Waals surface area contributed by atoms with Gasteiger partial charge >= 0.3 is 6.09 Å². The van der Waals surface area contributed by atoms with Gasteiger partial charge in [0.25, 0.3) is 11.8 Å². The molecule has 3 aromatic rings. The minimum absolute atomic E-state index is 0.0391. The average molecular weight is 536 g/mol. The number of nitrogens with one attached hydrogen (secondary N) is 1. The van der Waals surface area contributed by atoms with E-state index < -0.39 is 11.5 Å². The highest BCUT2D eigenvalue weighted by Gasteiger charge is 2.38. The molecule has 5 heterocycles. The number of piperidine rings is 1. The smallest absolute Gasteiger partial charge is 0.410 e. The van der Waals surface area contributed by atoms with Gasteiger partial charge in [0.2, 0.25) is 5.88 Å². The Labute approximate surface area is 226 Å². The molecule has 5 rings (SSSR count). The van der Waals surface area contributed by atoms with E-state index in [1.54, 1.807) is 34.3 Å². The number of likely N-dealkylation sites (tertiary alicyclic amines) is 1. The predicted molar refractivity (Wildman–Crippen MR) is 142 cm³/mol. The zero-order valence-corrected chi connectivity index (χ0v) is 22.8. The van der Waals surface area contributed by atoms with Gasteiger partial charge in [-0.1, -0.05) is 0 Å². The molecule has 12 nitrogen and oxygen atoms in total. The Balaban J connectivity index is 1.33. The Kier molecular flexibility index (Phi) is 6.87. The quantitative estimate of drug-likeness (QED) is 0.525. The summed E-state index contributed by atoms with van der Waals surface area (Å²) in [6, 6.07) is 3.44. The number of aromatic nitrogens is 4. The zero-order chi connectivity index (χ0) is 27.9. The van der Waals surface area contributed by atoms with Crippen LogP contribution in [0.4, 0.5) is 10.5 Å². The Hall–Kier alpha value is -4.22. The summed E-state index contributed by atoms with van der Waals surface area (Å²) in [4.78, 5) is 51.3. The lowest BCUT2D eigenvalue weighted by molar-refractivity contribution is 0.0148. The van der Waals surface area contributed by atoms with Crippen LogP contribution in [0, 0.1) is 0 Å². The number of hydrogen-bond donors (Lipinski definition) is 1. The van der Waals surface area contributed by atoms with Crippen molar-refractivity contribution >= 4 is 29.2 Å². The second kappa shape index (κ2) is 10.2. The first-order chi connectivity index (χ1) is 18.5. The maximum Gasteiger partial charge on any atom is 0.410 e. The van der Waals surface area contributed by atoms with Crippen molar-refractivity contribution in [2.75, 3.05) is 18.4 Å². The summed E-state index contributed by atoms with van der Waals surface area (Å²) >= 11 is 0. The highest BCUT2D eigenvalue weighted by Crippen LogP contribution is 2.34.